The third-order valence-electron chi connectivity index (χ3n) is 2.60. The minimum Gasteiger partial charge on any atom is -0.364 e. The minimum absolute atomic E-state index is 0.311. The van der Waals surface area contributed by atoms with E-state index in [0.717, 1.165) is 18.7 Å². The van der Waals surface area contributed by atoms with E-state index in [-0.39, 0.29) is 0 Å². The van der Waals surface area contributed by atoms with E-state index < -0.39 is 5.91 Å². The number of nitrogens with zero attached hydrogens (tertiary/aromatic N) is 1. The molecule has 0 radical (unpaired) electrons. The molecule has 1 amide bonds. The third-order valence-corrected chi connectivity index (χ3v) is 2.60. The van der Waals surface area contributed by atoms with Gasteiger partial charge in [-0.05, 0) is 24.1 Å². The maximum absolute atomic E-state index is 10.8. The Morgan fingerprint density at radius 3 is 2.81 bits per heavy atom. The number of hydrogen-bond donors (Lipinski definition) is 2. The molecule has 3 N–H and O–H groups in total. The highest BCUT2D eigenvalue weighted by atomic mass is 16.1. The topological polar surface area (TPSA) is 68.0 Å². The first-order chi connectivity index (χ1) is 7.63. The predicted molar refractivity (Wildman–Crippen MR) is 63.9 cm³/mol. The fourth-order valence-electron chi connectivity index (χ4n) is 1.28. The second-order valence-corrected chi connectivity index (χ2v) is 4.06. The first-order valence-corrected chi connectivity index (χ1v) is 5.59. The van der Waals surface area contributed by atoms with E-state index in [1.807, 2.05) is 6.07 Å². The zero-order valence-corrected chi connectivity index (χ0v) is 9.86. The Morgan fingerprint density at radius 2 is 2.31 bits per heavy atom. The van der Waals surface area contributed by atoms with Crippen LogP contribution in [0.1, 0.15) is 36.3 Å². The highest BCUT2D eigenvalue weighted by molar-refractivity contribution is 5.90. The maximum Gasteiger partial charge on any atom is 0.267 e. The number of rotatable bonds is 6. The van der Waals surface area contributed by atoms with Crippen molar-refractivity contribution in [1.29, 1.82) is 0 Å². The van der Waals surface area contributed by atoms with Gasteiger partial charge in [-0.25, -0.2) is 0 Å². The summed E-state index contributed by atoms with van der Waals surface area (Å²) in [6.45, 7) is 6.15. The molecule has 1 heterocycles. The van der Waals surface area contributed by atoms with Gasteiger partial charge in [0.2, 0.25) is 0 Å². The molecule has 0 saturated carbocycles. The lowest BCUT2D eigenvalue weighted by molar-refractivity contribution is 0.0995. The minimum atomic E-state index is -0.487. The molecule has 0 aromatic carbocycles. The predicted octanol–water partition coefficient (Wildman–Crippen LogP) is 1.32. The molecule has 0 spiro atoms. The molecule has 4 heteroatoms. The lowest BCUT2D eigenvalue weighted by Crippen LogP contribution is -2.20. The Bertz CT molecular complexity index is 335. The van der Waals surface area contributed by atoms with Gasteiger partial charge >= 0.3 is 0 Å². The van der Waals surface area contributed by atoms with Gasteiger partial charge in [-0.2, -0.15) is 0 Å². The van der Waals surface area contributed by atoms with Crippen molar-refractivity contribution in [3.8, 4) is 0 Å². The number of aromatic nitrogens is 1. The summed E-state index contributed by atoms with van der Waals surface area (Å²) in [6, 6.07) is 3.53. The van der Waals surface area contributed by atoms with Crippen LogP contribution in [0.25, 0.3) is 0 Å². The van der Waals surface area contributed by atoms with E-state index in [1.165, 1.54) is 6.42 Å². The summed E-state index contributed by atoms with van der Waals surface area (Å²) < 4.78 is 0. The molecular weight excluding hydrogens is 202 g/mol. The van der Waals surface area contributed by atoms with E-state index in [2.05, 4.69) is 24.1 Å². The molecule has 0 fully saturated rings. The van der Waals surface area contributed by atoms with Crippen LogP contribution < -0.4 is 11.1 Å². The molecule has 0 saturated heterocycles. The first-order valence-electron chi connectivity index (χ1n) is 5.59. The van der Waals surface area contributed by atoms with Gasteiger partial charge in [0.25, 0.3) is 5.91 Å². The highest BCUT2D eigenvalue weighted by Crippen LogP contribution is 2.01. The second kappa shape index (κ2) is 6.23. The second-order valence-electron chi connectivity index (χ2n) is 4.06. The highest BCUT2D eigenvalue weighted by Gasteiger charge is 2.02. The zero-order chi connectivity index (χ0) is 12.0. The van der Waals surface area contributed by atoms with E-state index in [4.69, 9.17) is 5.73 Å². The molecule has 88 valence electrons. The van der Waals surface area contributed by atoms with Gasteiger partial charge in [0.15, 0.2) is 0 Å². The van der Waals surface area contributed by atoms with Gasteiger partial charge in [-0.3, -0.25) is 9.78 Å². The standard InChI is InChI=1S/C12H19N3O/c1-3-9(2)6-14-7-10-4-5-11(12(13)16)15-8-10/h4-5,8-9,14H,3,6-7H2,1-2H3,(H2,13,16). The van der Waals surface area contributed by atoms with E-state index in [1.54, 1.807) is 12.3 Å². The molecule has 1 aromatic heterocycles. The van der Waals surface area contributed by atoms with Gasteiger partial charge in [-0.15, -0.1) is 0 Å². The number of carbonyl (C=O) groups is 1. The van der Waals surface area contributed by atoms with Crippen molar-refractivity contribution in [2.45, 2.75) is 26.8 Å². The summed E-state index contributed by atoms with van der Waals surface area (Å²) in [7, 11) is 0. The summed E-state index contributed by atoms with van der Waals surface area (Å²) >= 11 is 0. The normalized spacial score (nSPS) is 12.4. The van der Waals surface area contributed by atoms with Crippen LogP contribution in [0.5, 0.6) is 0 Å². The largest absolute Gasteiger partial charge is 0.364 e. The maximum atomic E-state index is 10.8. The number of primary amides is 1. The fraction of sp³-hybridized carbons (Fsp3) is 0.500. The molecule has 1 aromatic rings. The fourth-order valence-corrected chi connectivity index (χ4v) is 1.28. The summed E-state index contributed by atoms with van der Waals surface area (Å²) in [4.78, 5) is 14.8. The molecule has 0 aliphatic rings. The quantitative estimate of drug-likeness (QED) is 0.761. The summed E-state index contributed by atoms with van der Waals surface area (Å²) in [5.41, 5.74) is 6.48. The zero-order valence-electron chi connectivity index (χ0n) is 9.86. The molecule has 1 rings (SSSR count). The molecule has 0 aliphatic carbocycles. The van der Waals surface area contributed by atoms with E-state index in [0.29, 0.717) is 11.6 Å². The molecule has 4 nitrogen and oxygen atoms in total. The van der Waals surface area contributed by atoms with Crippen LogP contribution in [-0.2, 0) is 6.54 Å². The van der Waals surface area contributed by atoms with Crippen LogP contribution in [-0.4, -0.2) is 17.4 Å². The summed E-state index contributed by atoms with van der Waals surface area (Å²) in [5, 5.41) is 3.34. The van der Waals surface area contributed by atoms with Crippen molar-refractivity contribution < 1.29 is 4.79 Å². The van der Waals surface area contributed by atoms with Crippen LogP contribution in [0.15, 0.2) is 18.3 Å². The first kappa shape index (κ1) is 12.6. The Kier molecular flexibility index (Phi) is 4.92. The van der Waals surface area contributed by atoms with E-state index >= 15 is 0 Å². The molecule has 16 heavy (non-hydrogen) atoms. The van der Waals surface area contributed by atoms with Crippen LogP contribution in [0, 0.1) is 5.92 Å². The van der Waals surface area contributed by atoms with E-state index in [9.17, 15) is 4.79 Å². The van der Waals surface area contributed by atoms with Crippen molar-refractivity contribution in [3.63, 3.8) is 0 Å². The number of carbonyl (C=O) groups excluding carboxylic acids is 1. The number of amides is 1. The van der Waals surface area contributed by atoms with Crippen molar-refractivity contribution in [1.82, 2.24) is 10.3 Å². The number of nitrogens with one attached hydrogen (secondary N) is 1. The molecule has 0 bridgehead atoms. The molecular formula is C12H19N3O. The third kappa shape index (κ3) is 3.98. The van der Waals surface area contributed by atoms with Crippen molar-refractivity contribution in [2.24, 2.45) is 11.7 Å². The van der Waals surface area contributed by atoms with Crippen molar-refractivity contribution in [3.05, 3.63) is 29.6 Å². The SMILES string of the molecule is CCC(C)CNCc1ccc(C(N)=O)nc1. The van der Waals surface area contributed by atoms with Crippen molar-refractivity contribution in [2.75, 3.05) is 6.54 Å². The Morgan fingerprint density at radius 1 is 1.56 bits per heavy atom. The summed E-state index contributed by atoms with van der Waals surface area (Å²) in [5.74, 6) is 0.192. The smallest absolute Gasteiger partial charge is 0.267 e. The number of pyridine rings is 1. The Balaban J connectivity index is 2.40. The van der Waals surface area contributed by atoms with Gasteiger partial charge < -0.3 is 11.1 Å². The molecule has 1 unspecified atom stereocenters. The van der Waals surface area contributed by atoms with Crippen LogP contribution in [0.2, 0.25) is 0 Å². The lowest BCUT2D eigenvalue weighted by Gasteiger charge is -2.09. The van der Waals surface area contributed by atoms with Crippen molar-refractivity contribution >= 4 is 5.91 Å². The van der Waals surface area contributed by atoms with Crippen LogP contribution in [0.4, 0.5) is 0 Å². The molecule has 0 aliphatic heterocycles. The monoisotopic (exact) mass is 221 g/mol. The van der Waals surface area contributed by atoms with Crippen LogP contribution in [0.3, 0.4) is 0 Å². The Hall–Kier alpha value is -1.42. The Labute approximate surface area is 96.3 Å². The lowest BCUT2D eigenvalue weighted by atomic mass is 10.1. The number of nitrogens with two attached hydrogens (primary N) is 1. The van der Waals surface area contributed by atoms with Crippen LogP contribution >= 0.6 is 0 Å². The molecule has 1 atom stereocenters. The average molecular weight is 221 g/mol. The van der Waals surface area contributed by atoms with Gasteiger partial charge in [0.1, 0.15) is 5.69 Å². The van der Waals surface area contributed by atoms with Gasteiger partial charge in [0.05, 0.1) is 0 Å². The average Bonchev–Trinajstić information content (AvgIpc) is 2.29. The van der Waals surface area contributed by atoms with Gasteiger partial charge in [0, 0.05) is 12.7 Å². The summed E-state index contributed by atoms with van der Waals surface area (Å²) in [6.07, 6.45) is 2.86. The van der Waals surface area contributed by atoms with Gasteiger partial charge in [-0.1, -0.05) is 26.3 Å². The number of hydrogen-bond acceptors (Lipinski definition) is 3.